The molecule has 0 unspecified atom stereocenters. The van der Waals surface area contributed by atoms with Gasteiger partial charge in [0.1, 0.15) is 18.1 Å². The van der Waals surface area contributed by atoms with Gasteiger partial charge in [-0.3, -0.25) is 5.32 Å². The van der Waals surface area contributed by atoms with E-state index in [9.17, 15) is 4.79 Å². The number of carbonyl (C=O) groups is 1. The average molecular weight is 505 g/mol. The number of aryl methyl sites for hydroxylation is 1. The summed E-state index contributed by atoms with van der Waals surface area (Å²) in [6.45, 7) is 17.9. The number of aromatic nitrogens is 3. The van der Waals surface area contributed by atoms with Gasteiger partial charge in [-0.1, -0.05) is 19.6 Å². The van der Waals surface area contributed by atoms with Gasteiger partial charge in [-0.05, 0) is 39.8 Å². The topological polar surface area (TPSA) is 117 Å². The maximum absolute atomic E-state index is 12.6. The van der Waals surface area contributed by atoms with Gasteiger partial charge >= 0.3 is 6.09 Å². The molecular formula is C24H40N6O4Si. The number of carbonyl (C=O) groups excluding carboxylic acids is 1. The lowest BCUT2D eigenvalue weighted by atomic mass is 10.1. The summed E-state index contributed by atoms with van der Waals surface area (Å²) in [5.41, 5.74) is 8.98. The second kappa shape index (κ2) is 11.0. The molecule has 2 aromatic rings. The smallest absolute Gasteiger partial charge is 0.412 e. The molecule has 0 aromatic carbocycles. The lowest BCUT2D eigenvalue weighted by Gasteiger charge is -2.28. The minimum atomic E-state index is -1.22. The summed E-state index contributed by atoms with van der Waals surface area (Å²) in [6, 6.07) is 2.99. The summed E-state index contributed by atoms with van der Waals surface area (Å²) >= 11 is 0. The second-order valence-electron chi connectivity index (χ2n) is 11.0. The van der Waals surface area contributed by atoms with Crippen LogP contribution >= 0.6 is 0 Å². The summed E-state index contributed by atoms with van der Waals surface area (Å²) in [5, 5.41) is 7.47. The SMILES string of the molecule is Cc1nn(COCC[Si](C)(C)C)c(-c2cc(N3CCOCC3)ncc2NC(=O)OC(C)(C)C)c1N. The zero-order valence-corrected chi connectivity index (χ0v) is 23.1. The van der Waals surface area contributed by atoms with E-state index >= 15 is 0 Å². The molecule has 10 nitrogen and oxygen atoms in total. The fourth-order valence-electron chi connectivity index (χ4n) is 3.62. The number of hydrogen-bond donors (Lipinski definition) is 2. The number of rotatable bonds is 8. The van der Waals surface area contributed by atoms with E-state index in [2.05, 4.69) is 39.9 Å². The molecule has 1 amide bonds. The molecule has 3 rings (SSSR count). The van der Waals surface area contributed by atoms with Gasteiger partial charge in [-0.25, -0.2) is 14.5 Å². The number of nitrogens with one attached hydrogen (secondary N) is 1. The van der Waals surface area contributed by atoms with Crippen LogP contribution in [0.25, 0.3) is 11.3 Å². The number of ether oxygens (including phenoxy) is 3. The van der Waals surface area contributed by atoms with E-state index in [4.69, 9.17) is 19.9 Å². The van der Waals surface area contributed by atoms with Crippen molar-refractivity contribution in [3.05, 3.63) is 18.0 Å². The van der Waals surface area contributed by atoms with Crippen molar-refractivity contribution in [2.24, 2.45) is 0 Å². The van der Waals surface area contributed by atoms with Crippen molar-refractivity contribution in [1.82, 2.24) is 14.8 Å². The van der Waals surface area contributed by atoms with Crippen molar-refractivity contribution in [3.63, 3.8) is 0 Å². The number of nitrogens with zero attached hydrogens (tertiary/aromatic N) is 4. The highest BCUT2D eigenvalue weighted by molar-refractivity contribution is 6.76. The molecule has 2 aromatic heterocycles. The molecule has 1 aliphatic rings. The molecule has 0 bridgehead atoms. The molecule has 0 radical (unpaired) electrons. The summed E-state index contributed by atoms with van der Waals surface area (Å²) in [6.07, 6.45) is 1.08. The first-order chi connectivity index (χ1) is 16.3. The number of morpholine rings is 1. The zero-order chi connectivity index (χ0) is 25.8. The van der Waals surface area contributed by atoms with Gasteiger partial charge in [0.15, 0.2) is 0 Å². The first-order valence-electron chi connectivity index (χ1n) is 12.1. The third-order valence-electron chi connectivity index (χ3n) is 5.50. The van der Waals surface area contributed by atoms with Crippen LogP contribution < -0.4 is 16.0 Å². The number of hydrogen-bond acceptors (Lipinski definition) is 8. The Balaban J connectivity index is 1.97. The highest BCUT2D eigenvalue weighted by Gasteiger charge is 2.24. The first-order valence-corrected chi connectivity index (χ1v) is 15.8. The number of pyridine rings is 1. The van der Waals surface area contributed by atoms with E-state index in [1.807, 2.05) is 33.8 Å². The van der Waals surface area contributed by atoms with Crippen LogP contribution in [0.3, 0.4) is 0 Å². The van der Waals surface area contributed by atoms with Gasteiger partial charge in [0.2, 0.25) is 0 Å². The van der Waals surface area contributed by atoms with Crippen LogP contribution in [0.2, 0.25) is 25.7 Å². The summed E-state index contributed by atoms with van der Waals surface area (Å²) in [7, 11) is -1.22. The molecular weight excluding hydrogens is 464 g/mol. The number of nitrogens with two attached hydrogens (primary N) is 1. The van der Waals surface area contributed by atoms with Crippen molar-refractivity contribution in [1.29, 1.82) is 0 Å². The molecule has 1 aliphatic heterocycles. The normalized spacial score (nSPS) is 14.8. The maximum Gasteiger partial charge on any atom is 0.412 e. The molecule has 3 N–H and O–H groups in total. The van der Waals surface area contributed by atoms with E-state index in [0.29, 0.717) is 48.1 Å². The third-order valence-corrected chi connectivity index (χ3v) is 7.20. The van der Waals surface area contributed by atoms with Crippen LogP contribution in [0.4, 0.5) is 22.0 Å². The van der Waals surface area contributed by atoms with Gasteiger partial charge in [0.25, 0.3) is 0 Å². The maximum atomic E-state index is 12.6. The quantitative estimate of drug-likeness (QED) is 0.403. The number of anilines is 3. The van der Waals surface area contributed by atoms with E-state index in [1.54, 1.807) is 10.9 Å². The summed E-state index contributed by atoms with van der Waals surface area (Å²) in [5.74, 6) is 0.780. The zero-order valence-electron chi connectivity index (χ0n) is 22.1. The van der Waals surface area contributed by atoms with Gasteiger partial charge in [0, 0.05) is 33.3 Å². The molecule has 0 spiro atoms. The standard InChI is InChI=1S/C24H40N6O4Si/c1-17-21(25)22(30(28-17)16-33-12-13-35(5,6)7)18-14-20(29-8-10-32-11-9-29)26-15-19(18)27-23(31)34-24(2,3)4/h14-15H,8-13,16,25H2,1-7H3,(H,27,31). The molecule has 0 aliphatic carbocycles. The van der Waals surface area contributed by atoms with Crippen LogP contribution in [0.5, 0.6) is 0 Å². The molecule has 11 heteroatoms. The summed E-state index contributed by atoms with van der Waals surface area (Å²) < 4.78 is 18.7. The molecule has 35 heavy (non-hydrogen) atoms. The predicted octanol–water partition coefficient (Wildman–Crippen LogP) is 4.33. The fraction of sp³-hybridized carbons (Fsp3) is 0.625. The van der Waals surface area contributed by atoms with Crippen LogP contribution in [0, 0.1) is 6.92 Å². The Labute approximate surface area is 209 Å². The fourth-order valence-corrected chi connectivity index (χ4v) is 4.38. The predicted molar refractivity (Wildman–Crippen MR) is 142 cm³/mol. The van der Waals surface area contributed by atoms with Crippen LogP contribution in [0.15, 0.2) is 12.3 Å². The van der Waals surface area contributed by atoms with E-state index in [1.165, 1.54) is 0 Å². The van der Waals surface area contributed by atoms with Crippen LogP contribution in [-0.2, 0) is 20.9 Å². The van der Waals surface area contributed by atoms with Gasteiger partial charge < -0.3 is 24.8 Å². The van der Waals surface area contributed by atoms with E-state index in [-0.39, 0.29) is 6.73 Å². The third kappa shape index (κ3) is 7.68. The molecule has 1 saturated heterocycles. The second-order valence-corrected chi connectivity index (χ2v) is 16.6. The van der Waals surface area contributed by atoms with Crippen molar-refractivity contribution in [3.8, 4) is 11.3 Å². The number of amides is 1. The Morgan fingerprint density at radius 2 is 1.94 bits per heavy atom. The van der Waals surface area contributed by atoms with Gasteiger partial charge in [0.05, 0.1) is 42.2 Å². The molecule has 3 heterocycles. The van der Waals surface area contributed by atoms with E-state index in [0.717, 1.165) is 25.0 Å². The Morgan fingerprint density at radius 1 is 1.26 bits per heavy atom. The van der Waals surface area contributed by atoms with Crippen LogP contribution in [-0.4, -0.2) is 67.4 Å². The van der Waals surface area contributed by atoms with Crippen molar-refractivity contribution < 1.29 is 19.0 Å². The Morgan fingerprint density at radius 3 is 2.57 bits per heavy atom. The highest BCUT2D eigenvalue weighted by Crippen LogP contribution is 2.36. The van der Waals surface area contributed by atoms with Crippen LogP contribution in [0.1, 0.15) is 26.5 Å². The Bertz CT molecular complexity index is 1020. The Hall–Kier alpha value is -2.63. The van der Waals surface area contributed by atoms with Gasteiger partial charge in [-0.15, -0.1) is 0 Å². The van der Waals surface area contributed by atoms with Crippen molar-refractivity contribution in [2.75, 3.05) is 48.9 Å². The molecule has 0 atom stereocenters. The largest absolute Gasteiger partial charge is 0.444 e. The van der Waals surface area contributed by atoms with E-state index < -0.39 is 19.8 Å². The minimum Gasteiger partial charge on any atom is -0.444 e. The molecule has 0 saturated carbocycles. The summed E-state index contributed by atoms with van der Waals surface area (Å²) in [4.78, 5) is 19.4. The lowest BCUT2D eigenvalue weighted by Crippen LogP contribution is -2.36. The van der Waals surface area contributed by atoms with Crippen molar-refractivity contribution in [2.45, 2.75) is 65.7 Å². The Kier molecular flexibility index (Phi) is 8.45. The molecule has 194 valence electrons. The monoisotopic (exact) mass is 504 g/mol. The van der Waals surface area contributed by atoms with Crippen molar-refractivity contribution >= 4 is 31.4 Å². The average Bonchev–Trinajstić information content (AvgIpc) is 3.03. The first kappa shape index (κ1) is 27.0. The lowest BCUT2D eigenvalue weighted by molar-refractivity contribution is 0.0636. The molecule has 1 fully saturated rings. The highest BCUT2D eigenvalue weighted by atomic mass is 28.3. The minimum absolute atomic E-state index is 0.263. The number of nitrogen functional groups attached to an aromatic ring is 1. The van der Waals surface area contributed by atoms with Gasteiger partial charge in [-0.2, -0.15) is 5.10 Å².